The van der Waals surface area contributed by atoms with E-state index in [1.54, 1.807) is 4.90 Å². The summed E-state index contributed by atoms with van der Waals surface area (Å²) < 4.78 is 43.6. The van der Waals surface area contributed by atoms with E-state index in [1.807, 2.05) is 31.2 Å². The summed E-state index contributed by atoms with van der Waals surface area (Å²) in [4.78, 5) is 13.8. The summed E-state index contributed by atoms with van der Waals surface area (Å²) in [5, 5.41) is -0.264. The van der Waals surface area contributed by atoms with Crippen LogP contribution in [0, 0.1) is 0 Å². The summed E-state index contributed by atoms with van der Waals surface area (Å²) in [7, 11) is 0. The fourth-order valence-electron chi connectivity index (χ4n) is 2.66. The summed E-state index contributed by atoms with van der Waals surface area (Å²) in [6.45, 7) is 2.46. The van der Waals surface area contributed by atoms with Gasteiger partial charge in [0, 0.05) is 5.69 Å². The second-order valence-electron chi connectivity index (χ2n) is 5.47. The number of hydrogen-bond donors (Lipinski definition) is 0. The Balaban J connectivity index is 1.87. The second-order valence-corrected chi connectivity index (χ2v) is 6.54. The van der Waals surface area contributed by atoms with Gasteiger partial charge < -0.3 is 4.74 Å². The fraction of sp³-hybridized carbons (Fsp3) is 0.278. The van der Waals surface area contributed by atoms with Crippen molar-refractivity contribution in [3.05, 3.63) is 59.7 Å². The standard InChI is InChI=1S/C18H16F3NO2S/c1-2-24-15-9-3-12(4-10-15)17-22(16(23)11-25-17)14-7-5-13(6-8-14)18(19,20)21/h3-10,17H,2,11H2,1H3. The Hall–Kier alpha value is -2.15. The molecule has 1 heterocycles. The molecule has 2 aromatic rings. The van der Waals surface area contributed by atoms with Crippen LogP contribution < -0.4 is 9.64 Å². The maximum atomic E-state index is 12.7. The molecule has 1 saturated heterocycles. The van der Waals surface area contributed by atoms with E-state index in [-0.39, 0.29) is 11.3 Å². The Kier molecular flexibility index (Phi) is 4.94. The monoisotopic (exact) mass is 367 g/mol. The number of rotatable bonds is 4. The van der Waals surface area contributed by atoms with Gasteiger partial charge in [0.2, 0.25) is 5.91 Å². The number of benzene rings is 2. The van der Waals surface area contributed by atoms with Gasteiger partial charge in [-0.3, -0.25) is 9.69 Å². The van der Waals surface area contributed by atoms with Crippen molar-refractivity contribution >= 4 is 23.4 Å². The summed E-state index contributed by atoms with van der Waals surface area (Å²) in [5.74, 6) is 0.907. The van der Waals surface area contributed by atoms with E-state index in [9.17, 15) is 18.0 Å². The maximum Gasteiger partial charge on any atom is 0.416 e. The highest BCUT2D eigenvalue weighted by Crippen LogP contribution is 2.42. The van der Waals surface area contributed by atoms with Crippen LogP contribution in [0.15, 0.2) is 48.5 Å². The van der Waals surface area contributed by atoms with Crippen LogP contribution in [-0.4, -0.2) is 18.3 Å². The zero-order chi connectivity index (χ0) is 18.0. The predicted octanol–water partition coefficient (Wildman–Crippen LogP) is 4.88. The first-order chi connectivity index (χ1) is 11.9. The highest BCUT2D eigenvalue weighted by atomic mass is 32.2. The van der Waals surface area contributed by atoms with Crippen LogP contribution in [0.4, 0.5) is 18.9 Å². The molecule has 0 aromatic heterocycles. The molecule has 25 heavy (non-hydrogen) atoms. The molecule has 0 aliphatic carbocycles. The SMILES string of the molecule is CCOc1ccc(C2SCC(=O)N2c2ccc(C(F)(F)F)cc2)cc1. The molecule has 1 unspecified atom stereocenters. The van der Waals surface area contributed by atoms with Gasteiger partial charge in [-0.05, 0) is 48.9 Å². The Labute approximate surface area is 147 Å². The summed E-state index contributed by atoms with van der Waals surface area (Å²) in [6.07, 6.45) is -4.39. The molecule has 3 nitrogen and oxygen atoms in total. The first-order valence-electron chi connectivity index (χ1n) is 7.74. The van der Waals surface area contributed by atoms with E-state index in [1.165, 1.54) is 23.9 Å². The maximum absolute atomic E-state index is 12.7. The Bertz CT molecular complexity index is 744. The average molecular weight is 367 g/mol. The number of nitrogens with zero attached hydrogens (tertiary/aromatic N) is 1. The molecule has 1 fully saturated rings. The van der Waals surface area contributed by atoms with Gasteiger partial charge in [-0.25, -0.2) is 0 Å². The Morgan fingerprint density at radius 2 is 1.76 bits per heavy atom. The van der Waals surface area contributed by atoms with Crippen molar-refractivity contribution in [2.24, 2.45) is 0 Å². The van der Waals surface area contributed by atoms with Gasteiger partial charge in [0.15, 0.2) is 0 Å². The predicted molar refractivity (Wildman–Crippen MR) is 91.7 cm³/mol. The molecular formula is C18H16F3NO2S. The molecule has 1 amide bonds. The highest BCUT2D eigenvalue weighted by Gasteiger charge is 2.35. The normalized spacial score (nSPS) is 17.8. The van der Waals surface area contributed by atoms with E-state index in [4.69, 9.17) is 4.74 Å². The molecule has 0 bridgehead atoms. The van der Waals surface area contributed by atoms with Crippen molar-refractivity contribution in [3.63, 3.8) is 0 Å². The van der Waals surface area contributed by atoms with E-state index in [0.717, 1.165) is 23.4 Å². The lowest BCUT2D eigenvalue weighted by Gasteiger charge is -2.25. The number of thioether (sulfide) groups is 1. The third-order valence-electron chi connectivity index (χ3n) is 3.82. The van der Waals surface area contributed by atoms with E-state index in [2.05, 4.69) is 0 Å². The lowest BCUT2D eigenvalue weighted by molar-refractivity contribution is -0.137. The molecule has 0 N–H and O–H groups in total. The van der Waals surface area contributed by atoms with Gasteiger partial charge in [0.1, 0.15) is 11.1 Å². The van der Waals surface area contributed by atoms with Crippen LogP contribution in [0.25, 0.3) is 0 Å². The molecule has 7 heteroatoms. The van der Waals surface area contributed by atoms with Gasteiger partial charge in [-0.15, -0.1) is 11.8 Å². The van der Waals surface area contributed by atoms with Gasteiger partial charge in [0.05, 0.1) is 17.9 Å². The third kappa shape index (κ3) is 3.76. The highest BCUT2D eigenvalue weighted by molar-refractivity contribution is 8.00. The number of anilines is 1. The number of alkyl halides is 3. The Morgan fingerprint density at radius 3 is 2.32 bits per heavy atom. The molecule has 1 atom stereocenters. The zero-order valence-corrected chi connectivity index (χ0v) is 14.2. The molecule has 1 aliphatic heterocycles. The largest absolute Gasteiger partial charge is 0.494 e. The molecule has 0 spiro atoms. The number of hydrogen-bond acceptors (Lipinski definition) is 3. The van der Waals surface area contributed by atoms with Gasteiger partial charge in [-0.2, -0.15) is 13.2 Å². The van der Waals surface area contributed by atoms with E-state index >= 15 is 0 Å². The van der Waals surface area contributed by atoms with Crippen molar-refractivity contribution < 1.29 is 22.7 Å². The molecular weight excluding hydrogens is 351 g/mol. The number of carbonyl (C=O) groups excluding carboxylic acids is 1. The van der Waals surface area contributed by atoms with Crippen molar-refractivity contribution in [2.45, 2.75) is 18.5 Å². The van der Waals surface area contributed by atoms with Crippen LogP contribution >= 0.6 is 11.8 Å². The number of halogens is 3. The zero-order valence-electron chi connectivity index (χ0n) is 13.4. The minimum absolute atomic E-state index is 0.122. The topological polar surface area (TPSA) is 29.5 Å². The van der Waals surface area contributed by atoms with Crippen LogP contribution in [0.1, 0.15) is 23.4 Å². The van der Waals surface area contributed by atoms with Gasteiger partial charge >= 0.3 is 6.18 Å². The molecule has 0 radical (unpaired) electrons. The molecule has 0 saturated carbocycles. The molecule has 3 rings (SSSR count). The van der Waals surface area contributed by atoms with Gasteiger partial charge in [-0.1, -0.05) is 12.1 Å². The third-order valence-corrected chi connectivity index (χ3v) is 5.03. The lowest BCUT2D eigenvalue weighted by Crippen LogP contribution is -2.27. The number of ether oxygens (including phenoxy) is 1. The second kappa shape index (κ2) is 7.00. The fourth-order valence-corrected chi connectivity index (χ4v) is 3.83. The smallest absolute Gasteiger partial charge is 0.416 e. The quantitative estimate of drug-likeness (QED) is 0.771. The summed E-state index contributed by atoms with van der Waals surface area (Å²) in [6, 6.07) is 12.1. The van der Waals surface area contributed by atoms with Crippen LogP contribution in [0.5, 0.6) is 5.75 Å². The van der Waals surface area contributed by atoms with Crippen molar-refractivity contribution in [1.29, 1.82) is 0 Å². The van der Waals surface area contributed by atoms with Crippen LogP contribution in [-0.2, 0) is 11.0 Å². The first kappa shape index (κ1) is 17.7. The number of carbonyl (C=O) groups is 1. The molecule has 132 valence electrons. The van der Waals surface area contributed by atoms with Crippen molar-refractivity contribution in [1.82, 2.24) is 0 Å². The van der Waals surface area contributed by atoms with Crippen molar-refractivity contribution in [2.75, 3.05) is 17.3 Å². The van der Waals surface area contributed by atoms with Crippen LogP contribution in [0.3, 0.4) is 0 Å². The summed E-state index contributed by atoms with van der Waals surface area (Å²) >= 11 is 1.45. The lowest BCUT2D eigenvalue weighted by atomic mass is 10.1. The average Bonchev–Trinajstić information content (AvgIpc) is 2.97. The summed E-state index contributed by atoms with van der Waals surface area (Å²) in [5.41, 5.74) is 0.634. The van der Waals surface area contributed by atoms with Gasteiger partial charge in [0.25, 0.3) is 0 Å². The van der Waals surface area contributed by atoms with E-state index in [0.29, 0.717) is 18.0 Å². The van der Waals surface area contributed by atoms with Crippen LogP contribution in [0.2, 0.25) is 0 Å². The number of amides is 1. The first-order valence-corrected chi connectivity index (χ1v) is 8.78. The molecule has 1 aliphatic rings. The molecule has 2 aromatic carbocycles. The Morgan fingerprint density at radius 1 is 1.12 bits per heavy atom. The minimum Gasteiger partial charge on any atom is -0.494 e. The van der Waals surface area contributed by atoms with Crippen molar-refractivity contribution in [3.8, 4) is 5.75 Å². The van der Waals surface area contributed by atoms with E-state index < -0.39 is 11.7 Å². The minimum atomic E-state index is -4.39.